The van der Waals surface area contributed by atoms with Crippen molar-refractivity contribution in [3.8, 4) is 0 Å². The molecule has 0 saturated carbocycles. The summed E-state index contributed by atoms with van der Waals surface area (Å²) in [5, 5.41) is 0. The van der Waals surface area contributed by atoms with Gasteiger partial charge >= 0.3 is 0 Å². The van der Waals surface area contributed by atoms with Gasteiger partial charge in [-0.2, -0.15) is 12.1 Å². The Morgan fingerprint density at radius 1 is 1.00 bits per heavy atom. The molecule has 0 aliphatic carbocycles. The Labute approximate surface area is 267 Å². The Hall–Kier alpha value is 5.99. The van der Waals surface area contributed by atoms with Gasteiger partial charge in [0.25, 0.3) is 0 Å². The molecule has 0 aliphatic heterocycles. The van der Waals surface area contributed by atoms with E-state index in [1.165, 1.54) is 0 Å². The van der Waals surface area contributed by atoms with Crippen molar-refractivity contribution in [2.75, 3.05) is 7.11 Å². The summed E-state index contributed by atoms with van der Waals surface area (Å²) in [7, 11) is 4.16. The zero-order valence-corrected chi connectivity index (χ0v) is 39.4. The van der Waals surface area contributed by atoms with E-state index >= 15 is 0 Å². The van der Waals surface area contributed by atoms with E-state index < -0.39 is 0 Å². The molecule has 0 spiro atoms. The van der Waals surface area contributed by atoms with Crippen molar-refractivity contribution in [2.45, 2.75) is 6.61 Å². The summed E-state index contributed by atoms with van der Waals surface area (Å²) < 4.78 is 10.4. The zero-order chi connectivity index (χ0) is 8.53. The fourth-order valence-electron chi connectivity index (χ4n) is 0.603. The summed E-state index contributed by atoms with van der Waals surface area (Å²) in [6, 6.07) is 3.70. The van der Waals surface area contributed by atoms with Crippen LogP contribution in [0.3, 0.4) is 0 Å². The summed E-state index contributed by atoms with van der Waals surface area (Å²) in [6.45, 7) is 0.627. The van der Waals surface area contributed by atoms with Gasteiger partial charge in [0.1, 0.15) is 0 Å². The molecule has 1 aromatic heterocycles. The monoisotopic (exact) mass is 1980 g/mol. The number of methoxy groups -OCH3 is 1. The minimum absolute atomic E-state index is 0. The Kier molecular flexibility index (Phi) is 179. The Morgan fingerprint density at radius 3 is 1.65 bits per heavy atom. The molecule has 1 rings (SSSR count). The SMILES string of the molecule is COCc1cc[c-]nc1.[3H][CH2-].[W].[W].[W].[W].[W].[W].[W].[W].[W].[W]. The van der Waals surface area contributed by atoms with Crippen LogP contribution >= 0.6 is 0 Å². The quantitative estimate of drug-likeness (QED) is 0.420. The number of aromatic nitrogens is 1. The van der Waals surface area contributed by atoms with Gasteiger partial charge in [-0.25, -0.2) is 1.37 Å². The van der Waals surface area contributed by atoms with Gasteiger partial charge in [-0.15, -0.1) is 5.56 Å². The number of ether oxygens (including phenoxy) is 1. The maximum atomic E-state index is 5.50. The molecule has 0 unspecified atom stereocenters. The summed E-state index contributed by atoms with van der Waals surface area (Å²) in [5.41, 5.74) is 1.08. The third-order valence-electron chi connectivity index (χ3n) is 0.988. The second-order valence-corrected chi connectivity index (χ2v) is 1.73. The van der Waals surface area contributed by atoms with Gasteiger partial charge in [0.2, 0.25) is 0 Å². The average Bonchev–Trinajstić information content (AvgIpc) is 2.11. The van der Waals surface area contributed by atoms with Crippen molar-refractivity contribution in [2.24, 2.45) is 0 Å². The van der Waals surface area contributed by atoms with E-state index in [-0.39, 0.29) is 211 Å². The van der Waals surface area contributed by atoms with Crippen LogP contribution in [-0.4, -0.2) is 12.1 Å². The molecule has 0 aliphatic rings. The maximum Gasteiger partial charge on any atom is 0.0506 e. The summed E-state index contributed by atoms with van der Waals surface area (Å²) in [6.07, 6.45) is 4.43. The van der Waals surface area contributed by atoms with Crippen LogP contribution in [0.4, 0.5) is 0 Å². The largest absolute Gasteiger partial charge is 0.394 e. The molecule has 0 atom stereocenters. The molecule has 116 valence electrons. The van der Waals surface area contributed by atoms with Crippen molar-refractivity contribution in [1.82, 2.24) is 4.98 Å². The number of hydrogen-bond acceptors (Lipinski definition) is 2. The number of rotatable bonds is 2. The van der Waals surface area contributed by atoms with E-state index in [4.69, 9.17) is 6.11 Å². The molecule has 1 heterocycles. The molecule has 0 N–H and O–H groups in total. The normalized spacial score (nSPS) is 4.60. The first-order valence-corrected chi connectivity index (χ1v) is 2.73. The van der Waals surface area contributed by atoms with Crippen LogP contribution < -0.4 is 0 Å². The van der Waals surface area contributed by atoms with Crippen molar-refractivity contribution in [3.05, 3.63) is 37.5 Å². The van der Waals surface area contributed by atoms with E-state index in [9.17, 15) is 0 Å². The van der Waals surface area contributed by atoms with Gasteiger partial charge in [0, 0.05) is 218 Å². The summed E-state index contributed by atoms with van der Waals surface area (Å²) >= 11 is 0. The van der Waals surface area contributed by atoms with E-state index in [0.717, 1.165) is 5.56 Å². The minimum atomic E-state index is 0. The smallest absolute Gasteiger partial charge is 0.0506 e. The van der Waals surface area contributed by atoms with Gasteiger partial charge < -0.3 is 17.1 Å². The van der Waals surface area contributed by atoms with E-state index in [1.54, 1.807) is 19.4 Å². The van der Waals surface area contributed by atoms with Crippen LogP contribution in [0, 0.1) is 13.6 Å². The fourth-order valence-corrected chi connectivity index (χ4v) is 0.603. The molecule has 0 bridgehead atoms. The third kappa shape index (κ3) is 43.9. The van der Waals surface area contributed by atoms with Crippen LogP contribution in [-0.2, 0) is 222 Å². The predicted octanol–water partition coefficient (Wildman–Crippen LogP) is 1.45. The van der Waals surface area contributed by atoms with Gasteiger partial charge in [-0.05, 0) is 0 Å². The molecule has 0 saturated heterocycles. The molecular weight excluding hydrogens is 1960 g/mol. The summed E-state index contributed by atoms with van der Waals surface area (Å²) in [5.74, 6) is 0. The standard InChI is InChI=1S/C7H8NO.CH3.10W/c1-9-6-7-3-2-4-8-5-7;;;;;;;;;;;/h2-3,5H,6H2,1H3;1H3;;;;;;;;;;/q2*-1;;;;;;;;;;/i;1T;;;;;;;;;;. The van der Waals surface area contributed by atoms with Crippen LogP contribution in [0.5, 0.6) is 0 Å². The number of pyridine rings is 1. The molecule has 2 nitrogen and oxygen atoms in total. The molecule has 0 fully saturated rings. The van der Waals surface area contributed by atoms with Gasteiger partial charge in [0.05, 0.1) is 6.61 Å². The van der Waals surface area contributed by atoms with E-state index in [1.807, 2.05) is 6.07 Å². The first-order valence-electron chi connectivity index (χ1n) is 3.44. The van der Waals surface area contributed by atoms with Crippen LogP contribution in [0.25, 0.3) is 0 Å². The zero-order valence-electron chi connectivity index (χ0n) is 11.1. The molecule has 0 amide bonds. The first kappa shape index (κ1) is 63.5. The van der Waals surface area contributed by atoms with Gasteiger partial charge in [-0.1, -0.05) is 12.4 Å². The molecule has 12 heteroatoms. The van der Waals surface area contributed by atoms with Crippen LogP contribution in [0.1, 0.15) is 6.93 Å². The fraction of sp³-hybridized carbons (Fsp3) is 0.250. The molecule has 20 heavy (non-hydrogen) atoms. The topological polar surface area (TPSA) is 22.1 Å². The Bertz CT molecular complexity index is 188. The molecule has 0 radical (unpaired) electrons. The maximum absolute atomic E-state index is 5.50. The van der Waals surface area contributed by atoms with Crippen molar-refractivity contribution in [3.63, 3.8) is 0 Å². The minimum Gasteiger partial charge on any atom is -0.394 e. The van der Waals surface area contributed by atoms with E-state index in [2.05, 4.69) is 18.6 Å². The second kappa shape index (κ2) is 56.3. The first-order chi connectivity index (χ1) is 5.43. The molecule has 1 aromatic rings. The van der Waals surface area contributed by atoms with Crippen molar-refractivity contribution in [1.29, 1.82) is 0 Å². The van der Waals surface area contributed by atoms with Crippen molar-refractivity contribution < 1.29 is 217 Å². The number of nitrogens with zero attached hydrogens (tertiary/aromatic N) is 1. The van der Waals surface area contributed by atoms with Crippen molar-refractivity contribution >= 4 is 0 Å². The molecule has 0 aromatic carbocycles. The van der Waals surface area contributed by atoms with Crippen LogP contribution in [0.2, 0.25) is 0 Å². The predicted molar refractivity (Wildman–Crippen MR) is 40.2 cm³/mol. The van der Waals surface area contributed by atoms with E-state index in [0.29, 0.717) is 6.61 Å². The summed E-state index contributed by atoms with van der Waals surface area (Å²) in [4.78, 5) is 3.80. The van der Waals surface area contributed by atoms with Gasteiger partial charge in [-0.3, -0.25) is 0 Å². The van der Waals surface area contributed by atoms with Gasteiger partial charge in [0.15, 0.2) is 0 Å². The Morgan fingerprint density at radius 2 is 1.40 bits per heavy atom. The Balaban J connectivity index is -0.00000000892. The molecular formula is C8H11NOW10-2. The van der Waals surface area contributed by atoms with Crippen LogP contribution in [0.15, 0.2) is 18.3 Å². The average molecular weight is 1980 g/mol. The second-order valence-electron chi connectivity index (χ2n) is 1.73. The number of hydrogen-bond donors (Lipinski definition) is 0. The third-order valence-corrected chi connectivity index (χ3v) is 0.988.